The largest absolute Gasteiger partial charge is 0.494 e. The maximum absolute atomic E-state index is 14.0. The molecule has 0 aliphatic rings. The van der Waals surface area contributed by atoms with Crippen LogP contribution in [0.1, 0.15) is 17.2 Å². The van der Waals surface area contributed by atoms with Crippen LogP contribution in [0.4, 0.5) is 4.39 Å². The lowest BCUT2D eigenvalue weighted by atomic mass is 10.0. The fourth-order valence-electron chi connectivity index (χ4n) is 1.92. The van der Waals surface area contributed by atoms with Gasteiger partial charge < -0.3 is 9.84 Å². The summed E-state index contributed by atoms with van der Waals surface area (Å²) >= 11 is 9.21. The smallest absolute Gasteiger partial charge is 0.168 e. The summed E-state index contributed by atoms with van der Waals surface area (Å²) < 4.78 is 19.6. The lowest BCUT2D eigenvalue weighted by Gasteiger charge is -2.13. The van der Waals surface area contributed by atoms with Crippen molar-refractivity contribution >= 4 is 27.5 Å². The molecule has 2 rings (SSSR count). The molecule has 0 spiro atoms. The highest BCUT2D eigenvalue weighted by Crippen LogP contribution is 2.29. The summed E-state index contributed by atoms with van der Waals surface area (Å²) in [4.78, 5) is 0. The van der Waals surface area contributed by atoms with Gasteiger partial charge in [0.25, 0.3) is 0 Å². The van der Waals surface area contributed by atoms with Crippen molar-refractivity contribution in [1.82, 2.24) is 0 Å². The molecule has 20 heavy (non-hydrogen) atoms. The maximum atomic E-state index is 14.0. The van der Waals surface area contributed by atoms with E-state index in [1.54, 1.807) is 36.4 Å². The van der Waals surface area contributed by atoms with Gasteiger partial charge in [0.2, 0.25) is 0 Å². The van der Waals surface area contributed by atoms with Gasteiger partial charge in [0, 0.05) is 10.9 Å². The molecule has 0 saturated heterocycles. The normalized spacial score (nSPS) is 12.2. The van der Waals surface area contributed by atoms with E-state index in [0.717, 1.165) is 0 Å². The second-order valence-electron chi connectivity index (χ2n) is 4.33. The highest BCUT2D eigenvalue weighted by atomic mass is 79.9. The summed E-state index contributed by atoms with van der Waals surface area (Å²) in [5.74, 6) is -0.269. The molecule has 2 aromatic rings. The van der Waals surface area contributed by atoms with Crippen LogP contribution >= 0.6 is 27.5 Å². The van der Waals surface area contributed by atoms with Crippen LogP contribution in [-0.4, -0.2) is 12.2 Å². The number of benzene rings is 2. The van der Waals surface area contributed by atoms with Crippen LogP contribution in [0.5, 0.6) is 5.75 Å². The van der Waals surface area contributed by atoms with Crippen molar-refractivity contribution in [2.24, 2.45) is 0 Å². The Hall–Kier alpha value is -1.10. The molecule has 1 atom stereocenters. The Labute approximate surface area is 130 Å². The van der Waals surface area contributed by atoms with Gasteiger partial charge in [-0.15, -0.1) is 0 Å². The Morgan fingerprint density at radius 2 is 2.10 bits per heavy atom. The molecule has 1 N–H and O–H groups in total. The van der Waals surface area contributed by atoms with Crippen molar-refractivity contribution in [3.63, 3.8) is 0 Å². The summed E-state index contributed by atoms with van der Waals surface area (Å²) in [7, 11) is 1.41. The minimum atomic E-state index is -0.815. The molecule has 2 nitrogen and oxygen atoms in total. The van der Waals surface area contributed by atoms with Crippen LogP contribution in [-0.2, 0) is 6.42 Å². The van der Waals surface area contributed by atoms with Crippen molar-refractivity contribution in [3.8, 4) is 5.75 Å². The Morgan fingerprint density at radius 1 is 1.35 bits per heavy atom. The van der Waals surface area contributed by atoms with Crippen molar-refractivity contribution in [2.75, 3.05) is 7.11 Å². The Balaban J connectivity index is 2.23. The van der Waals surface area contributed by atoms with Crippen LogP contribution in [0.2, 0.25) is 5.02 Å². The van der Waals surface area contributed by atoms with Crippen LogP contribution in [0.25, 0.3) is 0 Å². The first kappa shape index (κ1) is 15.3. The number of rotatable bonds is 4. The molecule has 2 aromatic carbocycles. The standard InChI is InChI=1S/C15H13BrClFO2/c1-20-14-4-2-3-10(15(14)18)8-13(19)9-5-6-12(17)11(16)7-9/h2-7,13,19H,8H2,1H3. The first-order valence-electron chi connectivity index (χ1n) is 5.97. The van der Waals surface area contributed by atoms with Gasteiger partial charge in [-0.1, -0.05) is 29.8 Å². The van der Waals surface area contributed by atoms with Crippen molar-refractivity contribution in [3.05, 3.63) is 62.8 Å². The van der Waals surface area contributed by atoms with Gasteiger partial charge in [-0.2, -0.15) is 0 Å². The molecule has 0 saturated carbocycles. The third-order valence-electron chi connectivity index (χ3n) is 3.00. The number of aliphatic hydroxyl groups is 1. The number of aliphatic hydroxyl groups excluding tert-OH is 1. The second-order valence-corrected chi connectivity index (χ2v) is 5.59. The van der Waals surface area contributed by atoms with E-state index in [-0.39, 0.29) is 12.2 Å². The highest BCUT2D eigenvalue weighted by Gasteiger charge is 2.15. The van der Waals surface area contributed by atoms with Gasteiger partial charge in [0.1, 0.15) is 0 Å². The van der Waals surface area contributed by atoms with Gasteiger partial charge in [0.05, 0.1) is 18.2 Å². The Bertz CT molecular complexity index is 619. The van der Waals surface area contributed by atoms with Gasteiger partial charge in [-0.25, -0.2) is 4.39 Å². The number of halogens is 3. The SMILES string of the molecule is COc1cccc(CC(O)c2ccc(Cl)c(Br)c2)c1F. The third-order valence-corrected chi connectivity index (χ3v) is 4.22. The van der Waals surface area contributed by atoms with Crippen molar-refractivity contribution < 1.29 is 14.2 Å². The van der Waals surface area contributed by atoms with E-state index in [1.165, 1.54) is 7.11 Å². The summed E-state index contributed by atoms with van der Waals surface area (Å²) in [5.41, 5.74) is 1.08. The zero-order valence-electron chi connectivity index (χ0n) is 10.7. The third kappa shape index (κ3) is 3.32. The summed E-state index contributed by atoms with van der Waals surface area (Å²) in [5, 5.41) is 10.8. The highest BCUT2D eigenvalue weighted by molar-refractivity contribution is 9.10. The number of hydrogen-bond acceptors (Lipinski definition) is 2. The average Bonchev–Trinajstić information content (AvgIpc) is 2.44. The molecular formula is C15H13BrClFO2. The zero-order valence-corrected chi connectivity index (χ0v) is 13.1. The van der Waals surface area contributed by atoms with Gasteiger partial charge >= 0.3 is 0 Å². The molecule has 0 heterocycles. The lowest BCUT2D eigenvalue weighted by Crippen LogP contribution is -2.04. The van der Waals surface area contributed by atoms with Gasteiger partial charge in [0.15, 0.2) is 11.6 Å². The topological polar surface area (TPSA) is 29.5 Å². The zero-order chi connectivity index (χ0) is 14.7. The van der Waals surface area contributed by atoms with Crippen LogP contribution < -0.4 is 4.74 Å². The van der Waals surface area contributed by atoms with Crippen LogP contribution in [0.15, 0.2) is 40.9 Å². The molecule has 0 fully saturated rings. The van der Waals surface area contributed by atoms with Gasteiger partial charge in [-0.3, -0.25) is 0 Å². The fraction of sp³-hybridized carbons (Fsp3) is 0.200. The maximum Gasteiger partial charge on any atom is 0.168 e. The molecular weight excluding hydrogens is 347 g/mol. The van der Waals surface area contributed by atoms with E-state index in [4.69, 9.17) is 16.3 Å². The quantitative estimate of drug-likeness (QED) is 0.869. The molecule has 0 radical (unpaired) electrons. The summed E-state index contributed by atoms with van der Waals surface area (Å²) in [6.45, 7) is 0. The monoisotopic (exact) mass is 358 g/mol. The molecule has 0 aromatic heterocycles. The number of methoxy groups -OCH3 is 1. The fourth-order valence-corrected chi connectivity index (χ4v) is 2.43. The minimum absolute atomic E-state index is 0.164. The van der Waals surface area contributed by atoms with E-state index < -0.39 is 11.9 Å². The predicted octanol–water partition coefficient (Wildman–Crippen LogP) is 4.53. The number of hydrogen-bond donors (Lipinski definition) is 1. The average molecular weight is 360 g/mol. The number of ether oxygens (including phenoxy) is 1. The van der Waals surface area contributed by atoms with Crippen molar-refractivity contribution in [1.29, 1.82) is 0 Å². The molecule has 0 amide bonds. The van der Waals surface area contributed by atoms with E-state index in [9.17, 15) is 9.50 Å². The van der Waals surface area contributed by atoms with Crippen molar-refractivity contribution in [2.45, 2.75) is 12.5 Å². The predicted molar refractivity (Wildman–Crippen MR) is 80.8 cm³/mol. The lowest BCUT2D eigenvalue weighted by molar-refractivity contribution is 0.177. The Kier molecular flexibility index (Phi) is 5.02. The first-order chi connectivity index (χ1) is 9.52. The summed E-state index contributed by atoms with van der Waals surface area (Å²) in [6, 6.07) is 10.0. The van der Waals surface area contributed by atoms with Crippen LogP contribution in [0.3, 0.4) is 0 Å². The Morgan fingerprint density at radius 3 is 2.75 bits per heavy atom. The van der Waals surface area contributed by atoms with E-state index in [0.29, 0.717) is 20.6 Å². The van der Waals surface area contributed by atoms with E-state index in [1.807, 2.05) is 0 Å². The minimum Gasteiger partial charge on any atom is -0.494 e. The summed E-state index contributed by atoms with van der Waals surface area (Å²) in [6.07, 6.45) is -0.651. The molecule has 106 valence electrons. The van der Waals surface area contributed by atoms with E-state index in [2.05, 4.69) is 15.9 Å². The molecule has 0 bridgehead atoms. The first-order valence-corrected chi connectivity index (χ1v) is 7.14. The van der Waals surface area contributed by atoms with E-state index >= 15 is 0 Å². The molecule has 1 unspecified atom stereocenters. The molecule has 0 aliphatic heterocycles. The molecule has 0 aliphatic carbocycles. The second kappa shape index (κ2) is 6.57. The van der Waals surface area contributed by atoms with Gasteiger partial charge in [-0.05, 0) is 45.3 Å². The molecule has 5 heteroatoms. The van der Waals surface area contributed by atoms with Crippen LogP contribution in [0, 0.1) is 5.82 Å².